The van der Waals surface area contributed by atoms with E-state index in [9.17, 15) is 14.7 Å². The van der Waals surface area contributed by atoms with E-state index in [0.29, 0.717) is 48.6 Å². The van der Waals surface area contributed by atoms with Crippen molar-refractivity contribution in [1.82, 2.24) is 0 Å². The Labute approximate surface area is 213 Å². The number of ether oxygens (including phenoxy) is 2. The average molecular weight is 491 g/mol. The Morgan fingerprint density at radius 2 is 1.74 bits per heavy atom. The van der Waals surface area contributed by atoms with Crippen LogP contribution in [-0.4, -0.2) is 42.8 Å². The Hall–Kier alpha value is -0.940. The molecule has 200 valence electrons. The molecule has 0 aromatic heterocycles. The standard InChI is InChI=1S/C30H50O5/c1-6-21-25-18-20(35-17-16-34-7-2)12-14-30(25,5)24-13-15-29(4)22(19(3)8-11-26(31)32)9-10-23(29)27(24)28(21)33/h19-25,27H,6-18H2,1-5H3,(H,31,32)/t19-,20-,21-,22-,23+,24+,25+,27+,29-,30-/m1/s1. The van der Waals surface area contributed by atoms with Gasteiger partial charge in [-0.25, -0.2) is 0 Å². The fourth-order valence-electron chi connectivity index (χ4n) is 9.72. The Morgan fingerprint density at radius 1 is 1.03 bits per heavy atom. The van der Waals surface area contributed by atoms with Crippen LogP contribution in [0.2, 0.25) is 0 Å². The van der Waals surface area contributed by atoms with Crippen molar-refractivity contribution >= 4 is 11.8 Å². The number of fused-ring (bicyclic) bond motifs is 5. The van der Waals surface area contributed by atoms with E-state index in [1.54, 1.807) is 0 Å². The SMILES string of the molecule is CCOCCO[C@@H]1CC[C@]2(C)[C@H]3CC[C@]4(C)[C@@H]([C@H](C)CCC(=O)O)CC[C@H]4[C@@H]3C(=O)[C@H](CC)[C@@H]2C1. The number of carbonyl (C=O) groups excluding carboxylic acids is 1. The van der Waals surface area contributed by atoms with Crippen LogP contribution >= 0.6 is 0 Å². The van der Waals surface area contributed by atoms with E-state index < -0.39 is 5.97 Å². The molecule has 35 heavy (non-hydrogen) atoms. The molecular weight excluding hydrogens is 440 g/mol. The van der Waals surface area contributed by atoms with E-state index in [4.69, 9.17) is 9.47 Å². The van der Waals surface area contributed by atoms with Crippen LogP contribution in [-0.2, 0) is 19.1 Å². The van der Waals surface area contributed by atoms with Gasteiger partial charge >= 0.3 is 5.97 Å². The Morgan fingerprint density at radius 3 is 2.43 bits per heavy atom. The summed E-state index contributed by atoms with van der Waals surface area (Å²) in [7, 11) is 0. The van der Waals surface area contributed by atoms with Gasteiger partial charge < -0.3 is 14.6 Å². The van der Waals surface area contributed by atoms with E-state index in [-0.39, 0.29) is 35.2 Å². The molecule has 4 rings (SSSR count). The molecular formula is C30H50O5. The Kier molecular flexibility index (Phi) is 8.37. The lowest BCUT2D eigenvalue weighted by Gasteiger charge is -2.62. The van der Waals surface area contributed by atoms with Gasteiger partial charge in [-0.15, -0.1) is 0 Å². The van der Waals surface area contributed by atoms with E-state index in [1.165, 1.54) is 12.8 Å². The predicted molar refractivity (Wildman–Crippen MR) is 137 cm³/mol. The van der Waals surface area contributed by atoms with Crippen molar-refractivity contribution < 1.29 is 24.2 Å². The maximum absolute atomic E-state index is 14.2. The van der Waals surface area contributed by atoms with Crippen LogP contribution in [0, 0.1) is 52.3 Å². The molecule has 10 atom stereocenters. The van der Waals surface area contributed by atoms with Crippen molar-refractivity contribution in [3.63, 3.8) is 0 Å². The van der Waals surface area contributed by atoms with Gasteiger partial charge in [-0.05, 0) is 105 Å². The normalized spacial score (nSPS) is 43.8. The van der Waals surface area contributed by atoms with Crippen LogP contribution < -0.4 is 0 Å². The van der Waals surface area contributed by atoms with Crippen LogP contribution in [0.15, 0.2) is 0 Å². The van der Waals surface area contributed by atoms with Crippen LogP contribution in [0.3, 0.4) is 0 Å². The first-order chi connectivity index (χ1) is 16.7. The zero-order valence-corrected chi connectivity index (χ0v) is 22.9. The van der Waals surface area contributed by atoms with Crippen LogP contribution in [0.1, 0.15) is 98.8 Å². The number of carboxylic acid groups (broad SMARTS) is 1. The molecule has 0 unspecified atom stereocenters. The highest BCUT2D eigenvalue weighted by Gasteiger charge is 2.65. The van der Waals surface area contributed by atoms with Gasteiger partial charge in [0.1, 0.15) is 5.78 Å². The molecule has 0 bridgehead atoms. The zero-order valence-electron chi connectivity index (χ0n) is 22.9. The molecule has 0 aliphatic heterocycles. The van der Waals surface area contributed by atoms with Gasteiger partial charge in [0.15, 0.2) is 0 Å². The Balaban J connectivity index is 1.52. The minimum Gasteiger partial charge on any atom is -0.481 e. The van der Waals surface area contributed by atoms with Gasteiger partial charge in [-0.3, -0.25) is 9.59 Å². The highest BCUT2D eigenvalue weighted by molar-refractivity contribution is 5.86. The highest BCUT2D eigenvalue weighted by atomic mass is 16.5. The number of carbonyl (C=O) groups is 2. The third-order valence-corrected chi connectivity index (χ3v) is 11.5. The average Bonchev–Trinajstić information content (AvgIpc) is 3.18. The molecule has 0 amide bonds. The van der Waals surface area contributed by atoms with Crippen molar-refractivity contribution in [3.05, 3.63) is 0 Å². The molecule has 5 heteroatoms. The second-order valence-electron chi connectivity index (χ2n) is 12.9. The molecule has 0 aromatic rings. The summed E-state index contributed by atoms with van der Waals surface area (Å²) in [6, 6.07) is 0. The summed E-state index contributed by atoms with van der Waals surface area (Å²) in [5, 5.41) is 9.22. The number of aliphatic carboxylic acids is 1. The molecule has 5 nitrogen and oxygen atoms in total. The Bertz CT molecular complexity index is 766. The molecule has 4 aliphatic rings. The number of carboxylic acids is 1. The van der Waals surface area contributed by atoms with Crippen molar-refractivity contribution in [2.24, 2.45) is 52.3 Å². The fourth-order valence-corrected chi connectivity index (χ4v) is 9.72. The summed E-state index contributed by atoms with van der Waals surface area (Å²) in [5.41, 5.74) is 0.406. The lowest BCUT2D eigenvalue weighted by molar-refractivity contribution is -0.176. The van der Waals surface area contributed by atoms with Crippen LogP contribution in [0.25, 0.3) is 0 Å². The molecule has 0 saturated heterocycles. The molecule has 4 saturated carbocycles. The van der Waals surface area contributed by atoms with Gasteiger partial charge in [-0.2, -0.15) is 0 Å². The molecule has 4 fully saturated rings. The zero-order chi connectivity index (χ0) is 25.4. The quantitative estimate of drug-likeness (QED) is 0.360. The number of rotatable bonds is 10. The van der Waals surface area contributed by atoms with Crippen molar-refractivity contribution in [3.8, 4) is 0 Å². The molecule has 0 radical (unpaired) electrons. The van der Waals surface area contributed by atoms with Gasteiger partial charge in [-0.1, -0.05) is 27.7 Å². The maximum atomic E-state index is 14.2. The van der Waals surface area contributed by atoms with E-state index in [2.05, 4.69) is 27.7 Å². The summed E-state index contributed by atoms with van der Waals surface area (Å²) < 4.78 is 11.7. The molecule has 4 aliphatic carbocycles. The molecule has 1 N–H and O–H groups in total. The molecule has 0 aromatic carbocycles. The number of Topliss-reactive ketones (excluding diaryl/α,β-unsaturated/α-hetero) is 1. The van der Waals surface area contributed by atoms with Crippen molar-refractivity contribution in [2.75, 3.05) is 19.8 Å². The predicted octanol–water partition coefficient (Wildman–Crippen LogP) is 6.38. The van der Waals surface area contributed by atoms with Crippen molar-refractivity contribution in [2.45, 2.75) is 105 Å². The van der Waals surface area contributed by atoms with Gasteiger partial charge in [0.2, 0.25) is 0 Å². The first-order valence-electron chi connectivity index (χ1n) is 14.6. The second kappa shape index (κ2) is 10.8. The smallest absolute Gasteiger partial charge is 0.303 e. The second-order valence-corrected chi connectivity index (χ2v) is 12.9. The van der Waals surface area contributed by atoms with E-state index >= 15 is 0 Å². The van der Waals surface area contributed by atoms with Gasteiger partial charge in [0.25, 0.3) is 0 Å². The van der Waals surface area contributed by atoms with Gasteiger partial charge in [0.05, 0.1) is 19.3 Å². The minimum atomic E-state index is -0.690. The summed E-state index contributed by atoms with van der Waals surface area (Å²) in [5.74, 6) is 2.58. The summed E-state index contributed by atoms with van der Waals surface area (Å²) in [6.07, 6.45) is 10.2. The summed E-state index contributed by atoms with van der Waals surface area (Å²) in [6.45, 7) is 13.5. The summed E-state index contributed by atoms with van der Waals surface area (Å²) >= 11 is 0. The summed E-state index contributed by atoms with van der Waals surface area (Å²) in [4.78, 5) is 25.4. The topological polar surface area (TPSA) is 72.8 Å². The van der Waals surface area contributed by atoms with Crippen LogP contribution in [0.5, 0.6) is 0 Å². The maximum Gasteiger partial charge on any atom is 0.303 e. The third kappa shape index (κ3) is 4.85. The van der Waals surface area contributed by atoms with E-state index in [1.807, 2.05) is 6.92 Å². The third-order valence-electron chi connectivity index (χ3n) is 11.5. The first kappa shape index (κ1) is 27.1. The van der Waals surface area contributed by atoms with E-state index in [0.717, 1.165) is 51.6 Å². The number of ketones is 1. The minimum absolute atomic E-state index is 0.158. The molecule has 0 spiro atoms. The van der Waals surface area contributed by atoms with Gasteiger partial charge in [0, 0.05) is 24.9 Å². The fraction of sp³-hybridized carbons (Fsp3) is 0.933. The lowest BCUT2D eigenvalue weighted by Crippen LogP contribution is -2.60. The van der Waals surface area contributed by atoms with Crippen LogP contribution in [0.4, 0.5) is 0 Å². The number of hydrogen-bond acceptors (Lipinski definition) is 4. The highest BCUT2D eigenvalue weighted by Crippen LogP contribution is 2.68. The lowest BCUT2D eigenvalue weighted by atomic mass is 9.42. The number of hydrogen-bond donors (Lipinski definition) is 1. The monoisotopic (exact) mass is 490 g/mol. The largest absolute Gasteiger partial charge is 0.481 e. The first-order valence-corrected chi connectivity index (χ1v) is 14.6. The van der Waals surface area contributed by atoms with Crippen molar-refractivity contribution in [1.29, 1.82) is 0 Å². The molecule has 0 heterocycles.